The molecule has 0 atom stereocenters. The Kier molecular flexibility index (Phi) is 8.00. The number of phenols is 1. The van der Waals surface area contributed by atoms with Gasteiger partial charge in [0.05, 0.1) is 0 Å². The molecule has 0 radical (unpaired) electrons. The molecule has 1 fully saturated rings. The fourth-order valence-electron chi connectivity index (χ4n) is 3.87. The molecule has 1 heterocycles. The predicted octanol–water partition coefficient (Wildman–Crippen LogP) is 3.96. The molecule has 30 heavy (non-hydrogen) atoms. The highest BCUT2D eigenvalue weighted by Crippen LogP contribution is 2.32. The van der Waals surface area contributed by atoms with Crippen molar-refractivity contribution >= 4 is 5.69 Å². The smallest absolute Gasteiger partial charge is 0.123 e. The molecule has 0 saturated carbocycles. The van der Waals surface area contributed by atoms with E-state index in [1.54, 1.807) is 0 Å². The third-order valence-electron chi connectivity index (χ3n) is 5.97. The third kappa shape index (κ3) is 6.13. The first-order valence-electron chi connectivity index (χ1n) is 11.1. The van der Waals surface area contributed by atoms with Gasteiger partial charge in [-0.05, 0) is 49.7 Å². The second kappa shape index (κ2) is 10.7. The van der Waals surface area contributed by atoms with Crippen LogP contribution in [0.25, 0.3) is 0 Å². The molecule has 0 bridgehead atoms. The van der Waals surface area contributed by atoms with Gasteiger partial charge in [-0.2, -0.15) is 0 Å². The lowest BCUT2D eigenvalue weighted by Gasteiger charge is -2.36. The standard InChI is InChI=1S/C25H37N3O2/c1-20(2)23-19-24(29)21(3)18-25(23)30-17-16-26(4)10-11-27-12-14-28(15-13-27)22-8-6-5-7-9-22/h5-9,18-20,29H,10-17H2,1-4H3. The van der Waals surface area contributed by atoms with E-state index in [2.05, 4.69) is 65.9 Å². The second-order valence-electron chi connectivity index (χ2n) is 8.65. The highest BCUT2D eigenvalue weighted by Gasteiger charge is 2.17. The Morgan fingerprint density at radius 2 is 1.73 bits per heavy atom. The molecule has 3 rings (SSSR count). The first-order chi connectivity index (χ1) is 14.4. The van der Waals surface area contributed by atoms with E-state index in [-0.39, 0.29) is 0 Å². The van der Waals surface area contributed by atoms with E-state index in [1.807, 2.05) is 19.1 Å². The van der Waals surface area contributed by atoms with Gasteiger partial charge in [0.1, 0.15) is 18.1 Å². The van der Waals surface area contributed by atoms with Gasteiger partial charge in [-0.1, -0.05) is 32.0 Å². The summed E-state index contributed by atoms with van der Waals surface area (Å²) in [5.74, 6) is 1.56. The topological polar surface area (TPSA) is 39.2 Å². The van der Waals surface area contributed by atoms with Crippen LogP contribution in [0.2, 0.25) is 0 Å². The fourth-order valence-corrected chi connectivity index (χ4v) is 3.87. The van der Waals surface area contributed by atoms with E-state index in [1.165, 1.54) is 5.69 Å². The van der Waals surface area contributed by atoms with Crippen LogP contribution in [-0.4, -0.2) is 74.4 Å². The lowest BCUT2D eigenvalue weighted by atomic mass is 10.00. The maximum atomic E-state index is 9.99. The SMILES string of the molecule is Cc1cc(OCCN(C)CCN2CCN(c3ccccc3)CC2)c(C(C)C)cc1O. The Morgan fingerprint density at radius 1 is 1.03 bits per heavy atom. The molecule has 0 aliphatic carbocycles. The molecular formula is C25H37N3O2. The summed E-state index contributed by atoms with van der Waals surface area (Å²) in [6.45, 7) is 14.3. The van der Waals surface area contributed by atoms with Crippen LogP contribution in [0.15, 0.2) is 42.5 Å². The van der Waals surface area contributed by atoms with Crippen molar-refractivity contribution in [1.82, 2.24) is 9.80 Å². The van der Waals surface area contributed by atoms with Crippen molar-refractivity contribution in [1.29, 1.82) is 0 Å². The molecule has 1 saturated heterocycles. The Labute approximate surface area is 181 Å². The zero-order chi connectivity index (χ0) is 21.5. The second-order valence-corrected chi connectivity index (χ2v) is 8.65. The van der Waals surface area contributed by atoms with Crippen molar-refractivity contribution in [3.8, 4) is 11.5 Å². The minimum Gasteiger partial charge on any atom is -0.508 e. The zero-order valence-electron chi connectivity index (χ0n) is 19.0. The Hall–Kier alpha value is -2.24. The molecule has 0 spiro atoms. The summed E-state index contributed by atoms with van der Waals surface area (Å²) >= 11 is 0. The minimum absolute atomic E-state index is 0.318. The van der Waals surface area contributed by atoms with Crippen molar-refractivity contribution in [2.75, 3.05) is 64.4 Å². The third-order valence-corrected chi connectivity index (χ3v) is 5.97. The molecule has 1 aliphatic rings. The van der Waals surface area contributed by atoms with E-state index < -0.39 is 0 Å². The van der Waals surface area contributed by atoms with E-state index in [4.69, 9.17) is 4.74 Å². The zero-order valence-corrected chi connectivity index (χ0v) is 19.0. The lowest BCUT2D eigenvalue weighted by molar-refractivity contribution is 0.192. The van der Waals surface area contributed by atoms with Crippen LogP contribution < -0.4 is 9.64 Å². The molecule has 5 nitrogen and oxygen atoms in total. The van der Waals surface area contributed by atoms with Gasteiger partial charge < -0.3 is 19.6 Å². The molecule has 164 valence electrons. The van der Waals surface area contributed by atoms with Crippen LogP contribution in [-0.2, 0) is 0 Å². The number of likely N-dealkylation sites (N-methyl/N-ethyl adjacent to an activating group) is 1. The quantitative estimate of drug-likeness (QED) is 0.676. The maximum absolute atomic E-state index is 9.99. The van der Waals surface area contributed by atoms with Gasteiger partial charge in [-0.25, -0.2) is 0 Å². The number of nitrogens with zero attached hydrogens (tertiary/aromatic N) is 3. The normalized spacial score (nSPS) is 15.2. The molecule has 1 N–H and O–H groups in total. The monoisotopic (exact) mass is 411 g/mol. The van der Waals surface area contributed by atoms with E-state index in [0.717, 1.165) is 62.7 Å². The summed E-state index contributed by atoms with van der Waals surface area (Å²) < 4.78 is 6.09. The average Bonchev–Trinajstić information content (AvgIpc) is 2.75. The number of hydrogen-bond acceptors (Lipinski definition) is 5. The van der Waals surface area contributed by atoms with Gasteiger partial charge in [-0.3, -0.25) is 4.90 Å². The van der Waals surface area contributed by atoms with Crippen molar-refractivity contribution in [3.05, 3.63) is 53.6 Å². The predicted molar refractivity (Wildman–Crippen MR) is 125 cm³/mol. The molecule has 5 heteroatoms. The average molecular weight is 412 g/mol. The first kappa shape index (κ1) is 22.4. The highest BCUT2D eigenvalue weighted by atomic mass is 16.5. The van der Waals surface area contributed by atoms with Crippen molar-refractivity contribution in [2.45, 2.75) is 26.7 Å². The summed E-state index contributed by atoms with van der Waals surface area (Å²) in [6.07, 6.45) is 0. The number of ether oxygens (including phenoxy) is 1. The summed E-state index contributed by atoms with van der Waals surface area (Å²) in [6, 6.07) is 14.5. The number of aromatic hydroxyl groups is 1. The van der Waals surface area contributed by atoms with Gasteiger partial charge in [0.2, 0.25) is 0 Å². The first-order valence-corrected chi connectivity index (χ1v) is 11.1. The van der Waals surface area contributed by atoms with Crippen molar-refractivity contribution < 1.29 is 9.84 Å². The van der Waals surface area contributed by atoms with E-state index in [0.29, 0.717) is 18.3 Å². The number of phenolic OH excluding ortho intramolecular Hbond substituents is 1. The van der Waals surface area contributed by atoms with Gasteiger partial charge in [0.15, 0.2) is 0 Å². The number of benzene rings is 2. The van der Waals surface area contributed by atoms with Crippen LogP contribution in [0, 0.1) is 6.92 Å². The maximum Gasteiger partial charge on any atom is 0.123 e. The summed E-state index contributed by atoms with van der Waals surface area (Å²) in [5, 5.41) is 9.99. The molecule has 0 amide bonds. The molecular weight excluding hydrogens is 374 g/mol. The molecule has 2 aromatic rings. The summed E-state index contributed by atoms with van der Waals surface area (Å²) in [4.78, 5) is 7.36. The molecule has 0 unspecified atom stereocenters. The highest BCUT2D eigenvalue weighted by molar-refractivity contribution is 5.47. The number of piperazine rings is 1. The summed E-state index contributed by atoms with van der Waals surface area (Å²) in [5.41, 5.74) is 3.26. The lowest BCUT2D eigenvalue weighted by Crippen LogP contribution is -2.48. The minimum atomic E-state index is 0.318. The fraction of sp³-hybridized carbons (Fsp3) is 0.520. The van der Waals surface area contributed by atoms with Crippen LogP contribution in [0.1, 0.15) is 30.9 Å². The van der Waals surface area contributed by atoms with Gasteiger partial charge in [0, 0.05) is 57.1 Å². The number of anilines is 1. The molecule has 1 aliphatic heterocycles. The van der Waals surface area contributed by atoms with Gasteiger partial charge in [0.25, 0.3) is 0 Å². The summed E-state index contributed by atoms with van der Waals surface area (Å²) in [7, 11) is 2.16. The van der Waals surface area contributed by atoms with Crippen molar-refractivity contribution in [3.63, 3.8) is 0 Å². The number of para-hydroxylation sites is 1. The van der Waals surface area contributed by atoms with Crippen LogP contribution >= 0.6 is 0 Å². The Balaban J connectivity index is 1.38. The number of aryl methyl sites for hydroxylation is 1. The number of hydrogen-bond donors (Lipinski definition) is 1. The van der Waals surface area contributed by atoms with Crippen LogP contribution in [0.4, 0.5) is 5.69 Å². The molecule has 0 aromatic heterocycles. The number of rotatable bonds is 9. The van der Waals surface area contributed by atoms with Crippen LogP contribution in [0.3, 0.4) is 0 Å². The van der Waals surface area contributed by atoms with Crippen molar-refractivity contribution in [2.24, 2.45) is 0 Å². The Morgan fingerprint density at radius 3 is 2.40 bits per heavy atom. The van der Waals surface area contributed by atoms with Gasteiger partial charge in [-0.15, -0.1) is 0 Å². The van der Waals surface area contributed by atoms with E-state index >= 15 is 0 Å². The van der Waals surface area contributed by atoms with Crippen LogP contribution in [0.5, 0.6) is 11.5 Å². The van der Waals surface area contributed by atoms with Gasteiger partial charge >= 0.3 is 0 Å². The van der Waals surface area contributed by atoms with E-state index in [9.17, 15) is 5.11 Å². The Bertz CT molecular complexity index is 786. The largest absolute Gasteiger partial charge is 0.508 e. The molecule has 2 aromatic carbocycles.